The van der Waals surface area contributed by atoms with Crippen LogP contribution in [0.4, 0.5) is 0 Å². The highest BCUT2D eigenvalue weighted by atomic mass is 16.5. The number of methoxy groups -OCH3 is 2. The van der Waals surface area contributed by atoms with Crippen molar-refractivity contribution in [1.82, 2.24) is 5.32 Å². The lowest BCUT2D eigenvalue weighted by molar-refractivity contribution is -0.139. The van der Waals surface area contributed by atoms with Crippen molar-refractivity contribution in [3.8, 4) is 17.2 Å². The van der Waals surface area contributed by atoms with E-state index in [1.54, 1.807) is 14.2 Å². The van der Waals surface area contributed by atoms with Crippen molar-refractivity contribution in [1.29, 1.82) is 0 Å². The van der Waals surface area contributed by atoms with Crippen LogP contribution in [0.3, 0.4) is 0 Å². The number of rotatable bonds is 10. The number of nitrogens with one attached hydrogen (secondary N) is 1. The maximum Gasteiger partial charge on any atom is 0.336 e. The molecule has 0 aromatic heterocycles. The molecule has 0 saturated carbocycles. The molecule has 0 fully saturated rings. The number of carbonyl (C=O) groups is 2. The van der Waals surface area contributed by atoms with Gasteiger partial charge < -0.3 is 24.3 Å². The van der Waals surface area contributed by atoms with Crippen LogP contribution < -0.4 is 19.5 Å². The second kappa shape index (κ2) is 12.2. The van der Waals surface area contributed by atoms with Gasteiger partial charge in [0.15, 0.2) is 17.3 Å². The quantitative estimate of drug-likeness (QED) is 0.313. The average molecular weight is 520 g/mol. The van der Waals surface area contributed by atoms with Crippen molar-refractivity contribution >= 4 is 11.8 Å². The standard InChI is InChI=1S/C31H37NO6/c1-6-8-15-38-31(34)28-19(3)32-23-16-21(20-13-14-26(35-4)27(18-20)36-5)17-24(33)30(23)29(28)22-11-9-10-12-25(22)37-7-2/h9-14,18,21,29,32H,6-8,15-17H2,1-5H3/t21-,29+/m0/s1. The van der Waals surface area contributed by atoms with Gasteiger partial charge in [0.2, 0.25) is 0 Å². The Morgan fingerprint density at radius 2 is 1.76 bits per heavy atom. The van der Waals surface area contributed by atoms with Crippen molar-refractivity contribution in [3.05, 3.63) is 76.1 Å². The Hall–Kier alpha value is -3.74. The van der Waals surface area contributed by atoms with Gasteiger partial charge in [-0.2, -0.15) is 0 Å². The van der Waals surface area contributed by atoms with Crippen molar-refractivity contribution in [2.45, 2.75) is 58.3 Å². The molecule has 2 atom stereocenters. The van der Waals surface area contributed by atoms with E-state index in [4.69, 9.17) is 18.9 Å². The minimum Gasteiger partial charge on any atom is -0.494 e. The van der Waals surface area contributed by atoms with Crippen LogP contribution in [0.25, 0.3) is 0 Å². The largest absolute Gasteiger partial charge is 0.494 e. The van der Waals surface area contributed by atoms with Crippen LogP contribution >= 0.6 is 0 Å². The first-order chi connectivity index (χ1) is 18.4. The van der Waals surface area contributed by atoms with Crippen LogP contribution in [0.1, 0.15) is 69.4 Å². The van der Waals surface area contributed by atoms with Gasteiger partial charge in [-0.15, -0.1) is 0 Å². The minimum absolute atomic E-state index is 0.00111. The van der Waals surface area contributed by atoms with E-state index < -0.39 is 11.9 Å². The van der Waals surface area contributed by atoms with E-state index in [1.807, 2.05) is 63.2 Å². The van der Waals surface area contributed by atoms with Crippen molar-refractivity contribution < 1.29 is 28.5 Å². The van der Waals surface area contributed by atoms with Crippen molar-refractivity contribution in [3.63, 3.8) is 0 Å². The summed E-state index contributed by atoms with van der Waals surface area (Å²) in [5.41, 5.74) is 4.40. The molecule has 1 heterocycles. The molecule has 0 unspecified atom stereocenters. The second-order valence-electron chi connectivity index (χ2n) is 9.59. The highest BCUT2D eigenvalue weighted by Crippen LogP contribution is 2.48. The van der Waals surface area contributed by atoms with E-state index in [0.717, 1.165) is 29.7 Å². The number of carbonyl (C=O) groups excluding carboxylic acids is 2. The maximum absolute atomic E-state index is 13.9. The summed E-state index contributed by atoms with van der Waals surface area (Å²) in [5, 5.41) is 3.41. The SMILES string of the molecule is CCCCOC(=O)C1=C(C)NC2=C(C(=O)C[C@@H](c3ccc(OC)c(OC)c3)C2)[C@@H]1c1ccccc1OCC. The zero-order chi connectivity index (χ0) is 27.2. The van der Waals surface area contributed by atoms with Gasteiger partial charge in [0, 0.05) is 29.0 Å². The number of ketones is 1. The van der Waals surface area contributed by atoms with Gasteiger partial charge in [-0.1, -0.05) is 37.6 Å². The number of ether oxygens (including phenoxy) is 4. The second-order valence-corrected chi connectivity index (χ2v) is 9.59. The summed E-state index contributed by atoms with van der Waals surface area (Å²) in [6, 6.07) is 13.4. The van der Waals surface area contributed by atoms with Crippen molar-refractivity contribution in [2.75, 3.05) is 27.4 Å². The first-order valence-electron chi connectivity index (χ1n) is 13.3. The summed E-state index contributed by atoms with van der Waals surface area (Å²) in [7, 11) is 3.21. The molecule has 4 rings (SSSR count). The fourth-order valence-electron chi connectivity index (χ4n) is 5.36. The first-order valence-corrected chi connectivity index (χ1v) is 13.3. The Kier molecular flexibility index (Phi) is 8.77. The molecule has 0 saturated heterocycles. The molecule has 0 amide bonds. The highest BCUT2D eigenvalue weighted by molar-refractivity contribution is 6.04. The van der Waals surface area contributed by atoms with Crippen LogP contribution in [0.2, 0.25) is 0 Å². The molecule has 0 radical (unpaired) electrons. The number of hydrogen-bond acceptors (Lipinski definition) is 7. The Bertz CT molecular complexity index is 1260. The number of allylic oxidation sites excluding steroid dienone is 3. The molecule has 202 valence electrons. The number of Topliss-reactive ketones (excluding diaryl/α,β-unsaturated/α-hetero) is 1. The first kappa shape index (κ1) is 27.3. The molecule has 38 heavy (non-hydrogen) atoms. The monoisotopic (exact) mass is 519 g/mol. The number of benzene rings is 2. The Balaban J connectivity index is 1.78. The van der Waals surface area contributed by atoms with Crippen LogP contribution in [-0.4, -0.2) is 39.2 Å². The maximum atomic E-state index is 13.9. The molecule has 2 aromatic carbocycles. The summed E-state index contributed by atoms with van der Waals surface area (Å²) < 4.78 is 22.5. The molecule has 1 aliphatic carbocycles. The predicted octanol–water partition coefficient (Wildman–Crippen LogP) is 5.81. The molecule has 1 N–H and O–H groups in total. The van der Waals surface area contributed by atoms with E-state index in [1.165, 1.54) is 0 Å². The summed E-state index contributed by atoms with van der Waals surface area (Å²) in [6.07, 6.45) is 2.65. The number of para-hydroxylation sites is 1. The van der Waals surface area contributed by atoms with Gasteiger partial charge >= 0.3 is 5.97 Å². The van der Waals surface area contributed by atoms with E-state index in [9.17, 15) is 9.59 Å². The Morgan fingerprint density at radius 1 is 1.00 bits per heavy atom. The number of dihydropyridines is 1. The Labute approximate surface area is 224 Å². The van der Waals surface area contributed by atoms with Gasteiger partial charge in [0.05, 0.1) is 38.9 Å². The van der Waals surface area contributed by atoms with Gasteiger partial charge in [0.25, 0.3) is 0 Å². The fraction of sp³-hybridized carbons (Fsp3) is 0.419. The molecule has 7 heteroatoms. The molecule has 0 bridgehead atoms. The van der Waals surface area contributed by atoms with Crippen LogP contribution in [0.15, 0.2) is 65.0 Å². The summed E-state index contributed by atoms with van der Waals surface area (Å²) in [6.45, 7) is 6.66. The number of unbranched alkanes of at least 4 members (excludes halogenated alkanes) is 1. The third kappa shape index (κ3) is 5.42. The van der Waals surface area contributed by atoms with Gasteiger partial charge in [-0.05, 0) is 56.4 Å². The Morgan fingerprint density at radius 3 is 2.47 bits per heavy atom. The van der Waals surface area contributed by atoms with E-state index >= 15 is 0 Å². The van der Waals surface area contributed by atoms with E-state index in [0.29, 0.717) is 60.1 Å². The lowest BCUT2D eigenvalue weighted by Gasteiger charge is -2.37. The predicted molar refractivity (Wildman–Crippen MR) is 146 cm³/mol. The number of esters is 1. The lowest BCUT2D eigenvalue weighted by atomic mass is 9.71. The molecule has 1 aliphatic heterocycles. The van der Waals surface area contributed by atoms with Gasteiger partial charge in [-0.3, -0.25) is 4.79 Å². The lowest BCUT2D eigenvalue weighted by Crippen LogP contribution is -2.36. The average Bonchev–Trinajstić information content (AvgIpc) is 2.92. The third-order valence-corrected chi connectivity index (χ3v) is 7.19. The fourth-order valence-corrected chi connectivity index (χ4v) is 5.36. The minimum atomic E-state index is -0.568. The smallest absolute Gasteiger partial charge is 0.336 e. The normalized spacial score (nSPS) is 19.0. The van der Waals surface area contributed by atoms with Gasteiger partial charge in [-0.25, -0.2) is 4.79 Å². The summed E-state index contributed by atoms with van der Waals surface area (Å²) in [4.78, 5) is 27.3. The number of hydrogen-bond donors (Lipinski definition) is 1. The van der Waals surface area contributed by atoms with E-state index in [2.05, 4.69) is 5.32 Å². The molecule has 2 aliphatic rings. The molecular weight excluding hydrogens is 482 g/mol. The van der Waals surface area contributed by atoms with E-state index in [-0.39, 0.29) is 11.7 Å². The summed E-state index contributed by atoms with van der Waals surface area (Å²) >= 11 is 0. The van der Waals surface area contributed by atoms with Crippen LogP contribution in [-0.2, 0) is 14.3 Å². The molecule has 2 aromatic rings. The summed E-state index contributed by atoms with van der Waals surface area (Å²) in [5.74, 6) is 0.930. The zero-order valence-corrected chi connectivity index (χ0v) is 22.9. The van der Waals surface area contributed by atoms with Crippen LogP contribution in [0.5, 0.6) is 17.2 Å². The topological polar surface area (TPSA) is 83.1 Å². The van der Waals surface area contributed by atoms with Gasteiger partial charge in [0.1, 0.15) is 5.75 Å². The highest BCUT2D eigenvalue weighted by Gasteiger charge is 2.42. The van der Waals surface area contributed by atoms with Crippen molar-refractivity contribution in [2.24, 2.45) is 0 Å². The van der Waals surface area contributed by atoms with Crippen LogP contribution in [0, 0.1) is 0 Å². The molecule has 7 nitrogen and oxygen atoms in total. The molecular formula is C31H37NO6. The molecule has 0 spiro atoms. The third-order valence-electron chi connectivity index (χ3n) is 7.19. The zero-order valence-electron chi connectivity index (χ0n) is 22.9.